The first kappa shape index (κ1) is 22.5. The minimum Gasteiger partial charge on any atom is -0.466 e. The molecule has 0 aromatic rings. The molecule has 0 rings (SSSR count). The normalized spacial score (nSPS) is 11.1. The van der Waals surface area contributed by atoms with Crippen molar-refractivity contribution in [2.24, 2.45) is 5.92 Å². The molecule has 0 saturated carbocycles. The van der Waals surface area contributed by atoms with Gasteiger partial charge < -0.3 is 4.74 Å². The molecule has 0 aromatic carbocycles. The molecule has 0 heterocycles. The lowest BCUT2D eigenvalue weighted by Gasteiger charge is -2.06. The lowest BCUT2D eigenvalue weighted by Crippen LogP contribution is -2.05. The second-order valence-corrected chi connectivity index (χ2v) is 7.40. The van der Waals surface area contributed by atoms with Crippen LogP contribution in [0.4, 0.5) is 0 Å². The fourth-order valence-corrected chi connectivity index (χ4v) is 2.85. The maximum atomic E-state index is 11.6. The van der Waals surface area contributed by atoms with Crippen molar-refractivity contribution in [2.75, 3.05) is 6.61 Å². The first-order chi connectivity index (χ1) is 11.2. The van der Waals surface area contributed by atoms with Crippen molar-refractivity contribution < 1.29 is 9.53 Å². The highest BCUT2D eigenvalue weighted by atomic mass is 16.5. The Balaban J connectivity index is 3.16. The molecule has 0 amide bonds. The smallest absolute Gasteiger partial charge is 0.305 e. The van der Waals surface area contributed by atoms with Gasteiger partial charge in [0.1, 0.15) is 0 Å². The molecule has 2 heteroatoms. The lowest BCUT2D eigenvalue weighted by molar-refractivity contribution is -0.143. The summed E-state index contributed by atoms with van der Waals surface area (Å²) in [4.78, 5) is 11.6. The summed E-state index contributed by atoms with van der Waals surface area (Å²) in [5.41, 5.74) is 0. The molecule has 0 aliphatic carbocycles. The van der Waals surface area contributed by atoms with Gasteiger partial charge in [0.2, 0.25) is 0 Å². The maximum Gasteiger partial charge on any atom is 0.305 e. The van der Waals surface area contributed by atoms with E-state index in [1.807, 2.05) is 0 Å². The van der Waals surface area contributed by atoms with E-state index in [-0.39, 0.29) is 5.97 Å². The Bertz CT molecular complexity index is 248. The molecule has 0 aliphatic heterocycles. The SMILES string of the molecule is CCCCCCCCCOC(=O)CCCCCCCCC(C)C. The summed E-state index contributed by atoms with van der Waals surface area (Å²) in [6.45, 7) is 7.45. The number of esters is 1. The van der Waals surface area contributed by atoms with Crippen LogP contribution >= 0.6 is 0 Å². The number of unbranched alkanes of at least 4 members (excludes halogenated alkanes) is 11. The van der Waals surface area contributed by atoms with Gasteiger partial charge in [-0.2, -0.15) is 0 Å². The van der Waals surface area contributed by atoms with E-state index in [2.05, 4.69) is 20.8 Å². The predicted molar refractivity (Wildman–Crippen MR) is 101 cm³/mol. The Morgan fingerprint density at radius 2 is 1.26 bits per heavy atom. The Kier molecular flexibility index (Phi) is 17.4. The number of rotatable bonds is 17. The Labute approximate surface area is 145 Å². The fourth-order valence-electron chi connectivity index (χ4n) is 2.85. The van der Waals surface area contributed by atoms with Crippen molar-refractivity contribution in [1.29, 1.82) is 0 Å². The summed E-state index contributed by atoms with van der Waals surface area (Å²) in [7, 11) is 0. The van der Waals surface area contributed by atoms with Gasteiger partial charge in [-0.25, -0.2) is 0 Å². The van der Waals surface area contributed by atoms with Gasteiger partial charge in [0.15, 0.2) is 0 Å². The van der Waals surface area contributed by atoms with Crippen LogP contribution in [0, 0.1) is 5.92 Å². The van der Waals surface area contributed by atoms with Crippen LogP contribution in [0.25, 0.3) is 0 Å². The van der Waals surface area contributed by atoms with Crippen molar-refractivity contribution in [2.45, 2.75) is 117 Å². The van der Waals surface area contributed by atoms with Crippen LogP contribution in [0.15, 0.2) is 0 Å². The highest BCUT2D eigenvalue weighted by Crippen LogP contribution is 2.12. The van der Waals surface area contributed by atoms with Crippen molar-refractivity contribution in [1.82, 2.24) is 0 Å². The van der Waals surface area contributed by atoms with Crippen LogP contribution in [-0.2, 0) is 9.53 Å². The predicted octanol–water partition coefficient (Wildman–Crippen LogP) is 7.06. The maximum absolute atomic E-state index is 11.6. The summed E-state index contributed by atoms with van der Waals surface area (Å²) in [6.07, 6.45) is 18.3. The van der Waals surface area contributed by atoms with Gasteiger partial charge in [-0.15, -0.1) is 0 Å². The topological polar surface area (TPSA) is 26.3 Å². The number of hydrogen-bond acceptors (Lipinski definition) is 2. The monoisotopic (exact) mass is 326 g/mol. The molecule has 0 atom stereocenters. The largest absolute Gasteiger partial charge is 0.466 e. The van der Waals surface area contributed by atoms with E-state index in [1.165, 1.54) is 77.0 Å². The highest BCUT2D eigenvalue weighted by Gasteiger charge is 2.02. The van der Waals surface area contributed by atoms with Crippen molar-refractivity contribution in [3.05, 3.63) is 0 Å². The summed E-state index contributed by atoms with van der Waals surface area (Å²) in [5, 5.41) is 0. The van der Waals surface area contributed by atoms with Crippen LogP contribution in [0.3, 0.4) is 0 Å². The molecule has 0 fully saturated rings. The Morgan fingerprint density at radius 1 is 0.739 bits per heavy atom. The third-order valence-electron chi connectivity index (χ3n) is 4.42. The minimum absolute atomic E-state index is 0.00999. The third kappa shape index (κ3) is 19.4. The van der Waals surface area contributed by atoms with Gasteiger partial charge >= 0.3 is 5.97 Å². The molecule has 0 N–H and O–H groups in total. The molecule has 0 saturated heterocycles. The zero-order valence-corrected chi connectivity index (χ0v) is 16.2. The molecule has 2 nitrogen and oxygen atoms in total. The third-order valence-corrected chi connectivity index (χ3v) is 4.42. The number of ether oxygens (including phenoxy) is 1. The van der Waals surface area contributed by atoms with Gasteiger partial charge in [-0.3, -0.25) is 4.79 Å². The van der Waals surface area contributed by atoms with Crippen LogP contribution in [0.2, 0.25) is 0 Å². The van der Waals surface area contributed by atoms with Crippen LogP contribution in [0.1, 0.15) is 117 Å². The van der Waals surface area contributed by atoms with Gasteiger partial charge in [0.05, 0.1) is 6.61 Å². The molecule has 0 spiro atoms. The molecule has 0 unspecified atom stereocenters. The summed E-state index contributed by atoms with van der Waals surface area (Å²) >= 11 is 0. The first-order valence-corrected chi connectivity index (χ1v) is 10.3. The Hall–Kier alpha value is -0.530. The van der Waals surface area contributed by atoms with E-state index in [0.717, 1.165) is 18.8 Å². The lowest BCUT2D eigenvalue weighted by atomic mass is 10.0. The molecular formula is C21H42O2. The molecule has 0 aliphatic rings. The number of carbonyl (C=O) groups is 1. The molecular weight excluding hydrogens is 284 g/mol. The van der Waals surface area contributed by atoms with Gasteiger partial charge in [0, 0.05) is 6.42 Å². The Morgan fingerprint density at radius 3 is 1.87 bits per heavy atom. The zero-order chi connectivity index (χ0) is 17.2. The van der Waals surface area contributed by atoms with Crippen LogP contribution < -0.4 is 0 Å². The number of hydrogen-bond donors (Lipinski definition) is 0. The standard InChI is InChI=1S/C21H42O2/c1-4-5-6-7-10-13-16-19-23-21(22)18-15-12-9-8-11-14-17-20(2)3/h20H,4-19H2,1-3H3. The average molecular weight is 327 g/mol. The fraction of sp³-hybridized carbons (Fsp3) is 0.952. The molecule has 138 valence electrons. The number of carbonyl (C=O) groups excluding carboxylic acids is 1. The zero-order valence-electron chi connectivity index (χ0n) is 16.2. The molecule has 0 radical (unpaired) electrons. The molecule has 0 bridgehead atoms. The van der Waals surface area contributed by atoms with Crippen molar-refractivity contribution in [3.8, 4) is 0 Å². The van der Waals surface area contributed by atoms with E-state index in [0.29, 0.717) is 13.0 Å². The van der Waals surface area contributed by atoms with Crippen LogP contribution in [0.5, 0.6) is 0 Å². The average Bonchev–Trinajstić information content (AvgIpc) is 2.52. The van der Waals surface area contributed by atoms with Gasteiger partial charge in [0.25, 0.3) is 0 Å². The quantitative estimate of drug-likeness (QED) is 0.211. The molecule has 0 aromatic heterocycles. The second-order valence-electron chi connectivity index (χ2n) is 7.40. The van der Waals surface area contributed by atoms with Gasteiger partial charge in [-0.05, 0) is 18.8 Å². The van der Waals surface area contributed by atoms with Crippen molar-refractivity contribution in [3.63, 3.8) is 0 Å². The van der Waals surface area contributed by atoms with Gasteiger partial charge in [-0.1, -0.05) is 97.8 Å². The minimum atomic E-state index is 0.00999. The van der Waals surface area contributed by atoms with Crippen LogP contribution in [-0.4, -0.2) is 12.6 Å². The molecule has 23 heavy (non-hydrogen) atoms. The van der Waals surface area contributed by atoms with E-state index in [1.54, 1.807) is 0 Å². The van der Waals surface area contributed by atoms with E-state index in [4.69, 9.17) is 4.74 Å². The summed E-state index contributed by atoms with van der Waals surface area (Å²) in [5.74, 6) is 0.844. The summed E-state index contributed by atoms with van der Waals surface area (Å²) < 4.78 is 5.30. The summed E-state index contributed by atoms with van der Waals surface area (Å²) in [6, 6.07) is 0. The van der Waals surface area contributed by atoms with Crippen molar-refractivity contribution >= 4 is 5.97 Å². The first-order valence-electron chi connectivity index (χ1n) is 10.3. The van der Waals surface area contributed by atoms with E-state index >= 15 is 0 Å². The van der Waals surface area contributed by atoms with E-state index in [9.17, 15) is 4.79 Å². The van der Waals surface area contributed by atoms with E-state index < -0.39 is 0 Å². The highest BCUT2D eigenvalue weighted by molar-refractivity contribution is 5.69. The second kappa shape index (κ2) is 17.8.